The smallest absolute Gasteiger partial charge is 0.323 e. The molecule has 12 heteroatoms. The Morgan fingerprint density at radius 1 is 1.09 bits per heavy atom. The lowest BCUT2D eigenvalue weighted by atomic mass is 10.0. The number of hydrogen-bond acceptors (Lipinski definition) is 6. The number of fused-ring (bicyclic) bond motifs is 1. The zero-order chi connectivity index (χ0) is 31.3. The summed E-state index contributed by atoms with van der Waals surface area (Å²) in [5.41, 5.74) is 2.22. The summed E-state index contributed by atoms with van der Waals surface area (Å²) >= 11 is 0. The molecule has 3 amide bonds. The van der Waals surface area contributed by atoms with Crippen molar-refractivity contribution in [1.29, 1.82) is 0 Å². The van der Waals surface area contributed by atoms with Gasteiger partial charge in [0.25, 0.3) is 0 Å². The quantitative estimate of drug-likeness (QED) is 0.349. The van der Waals surface area contributed by atoms with Crippen molar-refractivity contribution in [3.05, 3.63) is 83.7 Å². The highest BCUT2D eigenvalue weighted by Gasteiger charge is 2.33. The highest BCUT2D eigenvalue weighted by Crippen LogP contribution is 2.30. The molecule has 3 atom stereocenters. The van der Waals surface area contributed by atoms with Gasteiger partial charge >= 0.3 is 6.03 Å². The number of ether oxygens (including phenoxy) is 1. The van der Waals surface area contributed by atoms with Crippen molar-refractivity contribution >= 4 is 33.3 Å². The van der Waals surface area contributed by atoms with Crippen molar-refractivity contribution in [2.75, 3.05) is 37.4 Å². The molecular weight excluding hydrogens is 575 g/mol. The molecule has 0 saturated heterocycles. The van der Waals surface area contributed by atoms with Gasteiger partial charge in [-0.15, -0.1) is 0 Å². The molecule has 0 spiro atoms. The summed E-state index contributed by atoms with van der Waals surface area (Å²) in [5.74, 6) is -0.593. The number of aryl methyl sites for hydroxylation is 1. The fourth-order valence-electron chi connectivity index (χ4n) is 4.79. The van der Waals surface area contributed by atoms with Gasteiger partial charge in [-0.3, -0.25) is 4.79 Å². The van der Waals surface area contributed by atoms with E-state index in [9.17, 15) is 27.5 Å². The number of anilines is 2. The summed E-state index contributed by atoms with van der Waals surface area (Å²) in [6.45, 7) is 5.50. The first kappa shape index (κ1) is 31.9. The Bertz CT molecular complexity index is 1550. The van der Waals surface area contributed by atoms with Crippen LogP contribution in [0.3, 0.4) is 0 Å². The summed E-state index contributed by atoms with van der Waals surface area (Å²) < 4.78 is 47.6. The molecule has 3 aromatic carbocycles. The molecule has 0 radical (unpaired) electrons. The first-order valence-corrected chi connectivity index (χ1v) is 15.4. The van der Waals surface area contributed by atoms with E-state index in [2.05, 4.69) is 10.6 Å². The molecule has 1 heterocycles. The van der Waals surface area contributed by atoms with Gasteiger partial charge < -0.3 is 25.4 Å². The van der Waals surface area contributed by atoms with E-state index in [1.807, 2.05) is 13.8 Å². The highest BCUT2D eigenvalue weighted by molar-refractivity contribution is 7.89. The Balaban J connectivity index is 1.61. The van der Waals surface area contributed by atoms with E-state index in [1.54, 1.807) is 54.3 Å². The minimum Gasteiger partial charge on any atom is -0.488 e. The first-order valence-electron chi connectivity index (χ1n) is 13.9. The van der Waals surface area contributed by atoms with Crippen molar-refractivity contribution in [1.82, 2.24) is 9.21 Å². The Morgan fingerprint density at radius 3 is 2.37 bits per heavy atom. The molecule has 0 saturated carbocycles. The molecule has 43 heavy (non-hydrogen) atoms. The summed E-state index contributed by atoms with van der Waals surface area (Å²) in [6, 6.07) is 15.8. The minimum atomic E-state index is -3.82. The van der Waals surface area contributed by atoms with Gasteiger partial charge in [-0.05, 0) is 68.4 Å². The molecule has 10 nitrogen and oxygen atoms in total. The SMILES string of the molecule is Cc1ccc(S(=O)(=O)N(C)C[C@@H]2Oc3ccc(NC(=O)Nc4ccc(F)cc4)cc3CC(=O)N([C@H](C)CO)C[C@H]2C)cc1. The number of nitrogens with one attached hydrogen (secondary N) is 2. The highest BCUT2D eigenvalue weighted by atomic mass is 32.2. The zero-order valence-electron chi connectivity index (χ0n) is 24.6. The Labute approximate surface area is 251 Å². The number of benzene rings is 3. The zero-order valence-corrected chi connectivity index (χ0v) is 25.4. The summed E-state index contributed by atoms with van der Waals surface area (Å²) in [5, 5.41) is 15.2. The third kappa shape index (κ3) is 7.89. The van der Waals surface area contributed by atoms with Gasteiger partial charge in [0, 0.05) is 36.4 Å². The van der Waals surface area contributed by atoms with Crippen molar-refractivity contribution in [2.45, 2.75) is 44.2 Å². The lowest BCUT2D eigenvalue weighted by Crippen LogP contribution is -2.48. The normalized spacial score (nSPS) is 18.1. The lowest BCUT2D eigenvalue weighted by molar-refractivity contribution is -0.134. The van der Waals surface area contributed by atoms with Crippen LogP contribution in [0.5, 0.6) is 5.75 Å². The van der Waals surface area contributed by atoms with Crippen molar-refractivity contribution in [2.24, 2.45) is 5.92 Å². The standard InChI is InChI=1S/C31H37FN4O6S/c1-20-5-12-27(13-6-20)43(40,41)35(4)18-29-21(2)17-36(22(3)19-37)30(38)16-23-15-26(11-14-28(23)42-29)34-31(39)33-25-9-7-24(32)8-10-25/h5-15,21-22,29,37H,16-19H2,1-4H3,(H2,33,34,39)/t21-,22-,29+/m1/s1. The average Bonchev–Trinajstić information content (AvgIpc) is 3.01. The maximum Gasteiger partial charge on any atom is 0.323 e. The summed E-state index contributed by atoms with van der Waals surface area (Å²) in [4.78, 5) is 27.8. The van der Waals surface area contributed by atoms with Crippen molar-refractivity contribution < 1.29 is 32.2 Å². The van der Waals surface area contributed by atoms with Crippen LogP contribution in [0.4, 0.5) is 20.6 Å². The topological polar surface area (TPSA) is 128 Å². The number of carbonyl (C=O) groups is 2. The summed E-state index contributed by atoms with van der Waals surface area (Å²) in [6.07, 6.45) is -0.713. The number of halogens is 1. The number of sulfonamides is 1. The van der Waals surface area contributed by atoms with E-state index in [0.29, 0.717) is 22.7 Å². The van der Waals surface area contributed by atoms with Crippen LogP contribution in [0.15, 0.2) is 71.6 Å². The number of carbonyl (C=O) groups excluding carboxylic acids is 2. The van der Waals surface area contributed by atoms with E-state index < -0.39 is 34.0 Å². The van der Waals surface area contributed by atoms with Crippen LogP contribution in [0.25, 0.3) is 0 Å². The van der Waals surface area contributed by atoms with Crippen LogP contribution in [-0.2, 0) is 21.2 Å². The Morgan fingerprint density at radius 2 is 1.72 bits per heavy atom. The van der Waals surface area contributed by atoms with Crippen LogP contribution >= 0.6 is 0 Å². The summed E-state index contributed by atoms with van der Waals surface area (Å²) in [7, 11) is -2.33. The van der Waals surface area contributed by atoms with Gasteiger partial charge in [0.15, 0.2) is 0 Å². The molecule has 0 aliphatic carbocycles. The fourth-order valence-corrected chi connectivity index (χ4v) is 5.98. The number of urea groups is 1. The third-order valence-corrected chi connectivity index (χ3v) is 9.28. The maximum atomic E-state index is 13.5. The van der Waals surface area contributed by atoms with Gasteiger partial charge in [-0.25, -0.2) is 17.6 Å². The van der Waals surface area contributed by atoms with E-state index in [-0.39, 0.29) is 42.8 Å². The second kappa shape index (κ2) is 13.5. The molecule has 0 fully saturated rings. The molecular formula is C31H37FN4O6S. The van der Waals surface area contributed by atoms with Crippen LogP contribution in [0, 0.1) is 18.7 Å². The number of nitrogens with zero attached hydrogens (tertiary/aromatic N) is 2. The maximum absolute atomic E-state index is 13.5. The van der Waals surface area contributed by atoms with E-state index in [0.717, 1.165) is 5.56 Å². The van der Waals surface area contributed by atoms with E-state index >= 15 is 0 Å². The number of aliphatic hydroxyl groups excluding tert-OH is 1. The monoisotopic (exact) mass is 612 g/mol. The Hall–Kier alpha value is -4.00. The van der Waals surface area contributed by atoms with E-state index in [4.69, 9.17) is 4.74 Å². The molecule has 1 aliphatic rings. The fraction of sp³-hybridized carbons (Fsp3) is 0.355. The molecule has 4 rings (SSSR count). The van der Waals surface area contributed by atoms with E-state index in [1.165, 1.54) is 35.6 Å². The largest absolute Gasteiger partial charge is 0.488 e. The van der Waals surface area contributed by atoms with Gasteiger partial charge in [0.2, 0.25) is 15.9 Å². The Kier molecular flexibility index (Phi) is 10.0. The predicted molar refractivity (Wildman–Crippen MR) is 162 cm³/mol. The van der Waals surface area contributed by atoms with Crippen molar-refractivity contribution in [3.8, 4) is 5.75 Å². The molecule has 0 unspecified atom stereocenters. The molecule has 3 aromatic rings. The number of rotatable bonds is 8. The van der Waals surface area contributed by atoms with Crippen LogP contribution in [0.1, 0.15) is 25.0 Å². The molecule has 1 aliphatic heterocycles. The van der Waals surface area contributed by atoms with Gasteiger partial charge in [-0.2, -0.15) is 4.31 Å². The first-order chi connectivity index (χ1) is 20.4. The van der Waals surface area contributed by atoms with Gasteiger partial charge in [0.05, 0.1) is 30.5 Å². The number of likely N-dealkylation sites (N-methyl/N-ethyl adjacent to an activating group) is 1. The molecule has 0 aromatic heterocycles. The number of amides is 3. The van der Waals surface area contributed by atoms with Crippen LogP contribution in [-0.4, -0.2) is 73.6 Å². The van der Waals surface area contributed by atoms with Crippen LogP contribution in [0.2, 0.25) is 0 Å². The van der Waals surface area contributed by atoms with Crippen molar-refractivity contribution in [3.63, 3.8) is 0 Å². The van der Waals surface area contributed by atoms with Crippen LogP contribution < -0.4 is 15.4 Å². The number of aliphatic hydroxyl groups is 1. The third-order valence-electron chi connectivity index (χ3n) is 7.44. The molecule has 230 valence electrons. The van der Waals surface area contributed by atoms with Gasteiger partial charge in [0.1, 0.15) is 17.7 Å². The second-order valence-corrected chi connectivity index (χ2v) is 12.9. The molecule has 3 N–H and O–H groups in total. The minimum absolute atomic E-state index is 0.00638. The van der Waals surface area contributed by atoms with Gasteiger partial charge in [-0.1, -0.05) is 24.6 Å². The molecule has 0 bridgehead atoms. The second-order valence-electron chi connectivity index (χ2n) is 10.9. The predicted octanol–water partition coefficient (Wildman–Crippen LogP) is 4.25. The lowest BCUT2D eigenvalue weighted by Gasteiger charge is -2.33. The average molecular weight is 613 g/mol. The number of hydrogen-bond donors (Lipinski definition) is 3.